The first-order valence-corrected chi connectivity index (χ1v) is 4.98. The monoisotopic (exact) mass is 207 g/mol. The van der Waals surface area contributed by atoms with E-state index in [4.69, 9.17) is 15.9 Å². The number of nitrogens with two attached hydrogens (primary N) is 1. The highest BCUT2D eigenvalue weighted by Gasteiger charge is 2.09. The van der Waals surface area contributed by atoms with E-state index in [1.807, 2.05) is 6.92 Å². The summed E-state index contributed by atoms with van der Waals surface area (Å²) in [7, 11) is 0. The molecule has 1 unspecified atom stereocenters. The summed E-state index contributed by atoms with van der Waals surface area (Å²) >= 11 is 0. The Morgan fingerprint density at radius 1 is 1.47 bits per heavy atom. The Morgan fingerprint density at radius 3 is 2.67 bits per heavy atom. The molecule has 15 heavy (non-hydrogen) atoms. The fourth-order valence-corrected chi connectivity index (χ4v) is 0.968. The van der Waals surface area contributed by atoms with E-state index >= 15 is 0 Å². The zero-order valence-corrected chi connectivity index (χ0v) is 9.32. The van der Waals surface area contributed by atoms with Crippen LogP contribution in [-0.2, 0) is 0 Å². The number of nitrogens with one attached hydrogen (secondary N) is 1. The molecule has 0 spiro atoms. The van der Waals surface area contributed by atoms with Gasteiger partial charge in [0.1, 0.15) is 5.84 Å². The fourth-order valence-electron chi connectivity index (χ4n) is 0.968. The summed E-state index contributed by atoms with van der Waals surface area (Å²) < 4.78 is 5.60. The molecule has 4 heteroatoms. The first-order chi connectivity index (χ1) is 7.00. The number of rotatable bonds is 4. The predicted octanol–water partition coefficient (Wildman–Crippen LogP) is 1.79. The molecule has 0 saturated carbocycles. The Bertz CT molecular complexity index is 349. The summed E-state index contributed by atoms with van der Waals surface area (Å²) in [6.45, 7) is 6.16. The van der Waals surface area contributed by atoms with Crippen LogP contribution in [0.25, 0.3) is 0 Å². The van der Waals surface area contributed by atoms with E-state index in [0.29, 0.717) is 17.4 Å². The highest BCUT2D eigenvalue weighted by molar-refractivity contribution is 5.95. The summed E-state index contributed by atoms with van der Waals surface area (Å²) in [5, 5.41) is 7.29. The summed E-state index contributed by atoms with van der Waals surface area (Å²) in [6, 6.07) is 3.37. The van der Waals surface area contributed by atoms with Gasteiger partial charge >= 0.3 is 0 Å². The van der Waals surface area contributed by atoms with Crippen molar-refractivity contribution in [2.45, 2.75) is 26.9 Å². The molecule has 0 aromatic carbocycles. The van der Waals surface area contributed by atoms with Gasteiger partial charge in [0.2, 0.25) is 5.88 Å². The van der Waals surface area contributed by atoms with Crippen molar-refractivity contribution < 1.29 is 4.74 Å². The van der Waals surface area contributed by atoms with Gasteiger partial charge in [0.15, 0.2) is 0 Å². The molecule has 0 aliphatic rings. The molecule has 0 bridgehead atoms. The van der Waals surface area contributed by atoms with Crippen LogP contribution in [0.1, 0.15) is 26.3 Å². The molecule has 0 fully saturated rings. The largest absolute Gasteiger partial charge is 0.474 e. The molecular weight excluding hydrogens is 190 g/mol. The molecule has 0 saturated heterocycles. The van der Waals surface area contributed by atoms with Gasteiger partial charge in [0, 0.05) is 17.8 Å². The van der Waals surface area contributed by atoms with Crippen molar-refractivity contribution in [2.24, 2.45) is 11.7 Å². The summed E-state index contributed by atoms with van der Waals surface area (Å²) in [5.41, 5.74) is 6.01. The Hall–Kier alpha value is -1.58. The normalized spacial score (nSPS) is 12.5. The summed E-state index contributed by atoms with van der Waals surface area (Å²) in [4.78, 5) is 4.07. The van der Waals surface area contributed by atoms with Crippen molar-refractivity contribution in [2.75, 3.05) is 0 Å². The maximum absolute atomic E-state index is 7.29. The third kappa shape index (κ3) is 3.23. The van der Waals surface area contributed by atoms with Crippen LogP contribution in [0.3, 0.4) is 0 Å². The van der Waals surface area contributed by atoms with Crippen molar-refractivity contribution in [3.63, 3.8) is 0 Å². The average molecular weight is 207 g/mol. The third-order valence-electron chi connectivity index (χ3n) is 2.29. The lowest BCUT2D eigenvalue weighted by atomic mass is 10.1. The van der Waals surface area contributed by atoms with E-state index in [2.05, 4.69) is 18.8 Å². The molecule has 0 aliphatic heterocycles. The number of aromatic nitrogens is 1. The minimum absolute atomic E-state index is 0.0273. The molecule has 82 valence electrons. The highest BCUT2D eigenvalue weighted by atomic mass is 16.5. The third-order valence-corrected chi connectivity index (χ3v) is 2.29. The van der Waals surface area contributed by atoms with E-state index in [0.717, 1.165) is 0 Å². The van der Waals surface area contributed by atoms with Crippen LogP contribution in [0.2, 0.25) is 0 Å². The van der Waals surface area contributed by atoms with Gasteiger partial charge in [-0.3, -0.25) is 5.41 Å². The van der Waals surface area contributed by atoms with Crippen LogP contribution >= 0.6 is 0 Å². The van der Waals surface area contributed by atoms with Gasteiger partial charge in [-0.25, -0.2) is 4.98 Å². The van der Waals surface area contributed by atoms with E-state index in [1.54, 1.807) is 18.3 Å². The first kappa shape index (κ1) is 11.5. The van der Waals surface area contributed by atoms with Gasteiger partial charge < -0.3 is 10.5 Å². The van der Waals surface area contributed by atoms with Crippen LogP contribution in [-0.4, -0.2) is 16.9 Å². The maximum atomic E-state index is 7.29. The lowest BCUT2D eigenvalue weighted by Gasteiger charge is -2.17. The Labute approximate surface area is 90.0 Å². The van der Waals surface area contributed by atoms with Crippen LogP contribution < -0.4 is 10.5 Å². The second-order valence-corrected chi connectivity index (χ2v) is 3.86. The Morgan fingerprint density at radius 2 is 2.13 bits per heavy atom. The molecule has 1 rings (SSSR count). The Balaban J connectivity index is 2.78. The lowest BCUT2D eigenvalue weighted by Crippen LogP contribution is -2.19. The zero-order valence-electron chi connectivity index (χ0n) is 9.32. The minimum Gasteiger partial charge on any atom is -0.474 e. The van der Waals surface area contributed by atoms with E-state index < -0.39 is 0 Å². The first-order valence-electron chi connectivity index (χ1n) is 4.98. The van der Waals surface area contributed by atoms with E-state index in [1.165, 1.54) is 0 Å². The second kappa shape index (κ2) is 4.77. The molecule has 0 amide bonds. The molecule has 1 aromatic heterocycles. The molecule has 1 heterocycles. The van der Waals surface area contributed by atoms with Gasteiger partial charge in [-0.2, -0.15) is 0 Å². The Kier molecular flexibility index (Phi) is 3.66. The van der Waals surface area contributed by atoms with E-state index in [9.17, 15) is 0 Å². The molecule has 1 aromatic rings. The standard InChI is InChI=1S/C11H17N3O/c1-7(2)8(3)15-10-6-9(11(12)13)4-5-14-10/h4-8H,1-3H3,(H3,12,13). The van der Waals surface area contributed by atoms with Crippen molar-refractivity contribution in [1.82, 2.24) is 4.98 Å². The highest BCUT2D eigenvalue weighted by Crippen LogP contribution is 2.14. The van der Waals surface area contributed by atoms with Crippen molar-refractivity contribution >= 4 is 5.84 Å². The lowest BCUT2D eigenvalue weighted by molar-refractivity contribution is 0.163. The number of pyridine rings is 1. The van der Waals surface area contributed by atoms with Crippen molar-refractivity contribution in [3.8, 4) is 5.88 Å². The number of hydrogen-bond acceptors (Lipinski definition) is 3. The molecule has 4 nitrogen and oxygen atoms in total. The number of hydrogen-bond donors (Lipinski definition) is 2. The van der Waals surface area contributed by atoms with Gasteiger partial charge in [0.25, 0.3) is 0 Å². The molecule has 0 radical (unpaired) electrons. The smallest absolute Gasteiger partial charge is 0.214 e. The van der Waals surface area contributed by atoms with Crippen LogP contribution in [0.15, 0.2) is 18.3 Å². The van der Waals surface area contributed by atoms with Gasteiger partial charge in [-0.1, -0.05) is 13.8 Å². The number of amidine groups is 1. The number of nitrogen functional groups attached to an aromatic ring is 1. The van der Waals surface area contributed by atoms with Crippen molar-refractivity contribution in [1.29, 1.82) is 5.41 Å². The molecular formula is C11H17N3O. The fraction of sp³-hybridized carbons (Fsp3) is 0.455. The van der Waals surface area contributed by atoms with Crippen LogP contribution in [0.5, 0.6) is 5.88 Å². The quantitative estimate of drug-likeness (QED) is 0.584. The molecule has 3 N–H and O–H groups in total. The summed E-state index contributed by atoms with van der Waals surface area (Å²) in [5.74, 6) is 0.969. The maximum Gasteiger partial charge on any atom is 0.214 e. The van der Waals surface area contributed by atoms with Crippen LogP contribution in [0, 0.1) is 11.3 Å². The number of nitrogens with zero attached hydrogens (tertiary/aromatic N) is 1. The minimum atomic E-state index is 0.0273. The number of ether oxygens (including phenoxy) is 1. The topological polar surface area (TPSA) is 72.0 Å². The van der Waals surface area contributed by atoms with Crippen LogP contribution in [0.4, 0.5) is 0 Å². The zero-order chi connectivity index (χ0) is 11.4. The second-order valence-electron chi connectivity index (χ2n) is 3.86. The van der Waals surface area contributed by atoms with Gasteiger partial charge in [-0.15, -0.1) is 0 Å². The molecule has 1 atom stereocenters. The molecule has 0 aliphatic carbocycles. The predicted molar refractivity (Wildman–Crippen MR) is 60.2 cm³/mol. The SMILES string of the molecule is CC(C)C(C)Oc1cc(C(=N)N)ccn1. The van der Waals surface area contributed by atoms with Crippen molar-refractivity contribution in [3.05, 3.63) is 23.9 Å². The van der Waals surface area contributed by atoms with Gasteiger partial charge in [-0.05, 0) is 18.9 Å². The van der Waals surface area contributed by atoms with E-state index in [-0.39, 0.29) is 11.9 Å². The van der Waals surface area contributed by atoms with Gasteiger partial charge in [0.05, 0.1) is 6.10 Å². The average Bonchev–Trinajstić information content (AvgIpc) is 2.18. The summed E-state index contributed by atoms with van der Waals surface area (Å²) in [6.07, 6.45) is 1.69.